The fourth-order valence-electron chi connectivity index (χ4n) is 2.83. The zero-order valence-corrected chi connectivity index (χ0v) is 13.1. The summed E-state index contributed by atoms with van der Waals surface area (Å²) >= 11 is 1.01. The smallest absolute Gasteiger partial charge is 0.381 e. The number of likely N-dealkylation sites (tertiary alicyclic amines) is 1. The number of aromatic nitrogens is 2. The van der Waals surface area contributed by atoms with E-state index in [0.29, 0.717) is 26.2 Å². The van der Waals surface area contributed by atoms with Crippen LogP contribution in [0.4, 0.5) is 13.2 Å². The van der Waals surface area contributed by atoms with E-state index >= 15 is 0 Å². The van der Waals surface area contributed by atoms with Gasteiger partial charge in [0, 0.05) is 32.0 Å². The molecule has 0 spiro atoms. The van der Waals surface area contributed by atoms with Gasteiger partial charge in [-0.3, -0.25) is 4.79 Å². The monoisotopic (exact) mass is 347 g/mol. The normalized spacial score (nSPS) is 23.5. The molecule has 0 radical (unpaired) electrons. The van der Waals surface area contributed by atoms with Crippen molar-refractivity contribution in [3.05, 3.63) is 18.0 Å². The Morgan fingerprint density at radius 3 is 2.70 bits per heavy atom. The lowest BCUT2D eigenvalue weighted by molar-refractivity contribution is -0.141. The van der Waals surface area contributed by atoms with Gasteiger partial charge in [-0.05, 0) is 25.3 Å². The molecule has 2 fully saturated rings. The van der Waals surface area contributed by atoms with Gasteiger partial charge in [-0.15, -0.1) is 0 Å². The van der Waals surface area contributed by atoms with Crippen molar-refractivity contribution >= 4 is 17.7 Å². The Morgan fingerprint density at radius 2 is 2.00 bits per heavy atom. The molecule has 9 heteroatoms. The van der Waals surface area contributed by atoms with E-state index in [-0.39, 0.29) is 17.1 Å². The first-order valence-corrected chi connectivity index (χ1v) is 8.28. The van der Waals surface area contributed by atoms with Crippen molar-refractivity contribution < 1.29 is 22.7 Å². The fraction of sp³-hybridized carbons (Fsp3) is 0.643. The summed E-state index contributed by atoms with van der Waals surface area (Å²) in [7, 11) is 0. The molecule has 2 saturated heterocycles. The number of ether oxygens (including phenoxy) is 1. The molecule has 0 aromatic carbocycles. The molecule has 0 N–H and O–H groups in total. The predicted octanol–water partition coefficient (Wildman–Crippen LogP) is 2.37. The summed E-state index contributed by atoms with van der Waals surface area (Å²) in [5.41, 5.74) is -0.985. The number of hydrogen-bond donors (Lipinski definition) is 0. The molecule has 2 aliphatic rings. The third-order valence-corrected chi connectivity index (χ3v) is 5.12. The largest absolute Gasteiger partial charge is 0.433 e. The van der Waals surface area contributed by atoms with Crippen LogP contribution in [0.5, 0.6) is 0 Å². The molecule has 1 atom stereocenters. The molecular weight excluding hydrogens is 331 g/mol. The zero-order valence-electron chi connectivity index (χ0n) is 12.3. The van der Waals surface area contributed by atoms with Crippen LogP contribution in [-0.4, -0.2) is 51.8 Å². The molecule has 3 rings (SSSR count). The van der Waals surface area contributed by atoms with Crippen LogP contribution in [0.2, 0.25) is 0 Å². The molecule has 1 amide bonds. The topological polar surface area (TPSA) is 55.3 Å². The molecule has 0 unspecified atom stereocenters. The third kappa shape index (κ3) is 3.77. The number of hydrogen-bond acceptors (Lipinski definition) is 5. The number of rotatable bonds is 3. The van der Waals surface area contributed by atoms with Crippen molar-refractivity contribution in [2.75, 3.05) is 19.8 Å². The summed E-state index contributed by atoms with van der Waals surface area (Å²) in [6.07, 6.45) is -1.22. The summed E-state index contributed by atoms with van der Waals surface area (Å²) in [6.45, 7) is 1.91. The summed E-state index contributed by atoms with van der Waals surface area (Å²) in [5, 5.41) is -0.423. The number of carbonyl (C=O) groups excluding carboxylic acids is 1. The van der Waals surface area contributed by atoms with E-state index in [1.165, 1.54) is 0 Å². The highest BCUT2D eigenvalue weighted by Crippen LogP contribution is 2.33. The average molecular weight is 347 g/mol. The van der Waals surface area contributed by atoms with Gasteiger partial charge in [0.05, 0.1) is 5.25 Å². The molecule has 2 aliphatic heterocycles. The van der Waals surface area contributed by atoms with Gasteiger partial charge >= 0.3 is 6.18 Å². The van der Waals surface area contributed by atoms with E-state index in [9.17, 15) is 18.0 Å². The van der Waals surface area contributed by atoms with Gasteiger partial charge in [-0.2, -0.15) is 13.2 Å². The van der Waals surface area contributed by atoms with E-state index < -0.39 is 17.1 Å². The van der Waals surface area contributed by atoms with Gasteiger partial charge in [0.25, 0.3) is 0 Å². The summed E-state index contributed by atoms with van der Waals surface area (Å²) in [5.74, 6) is -0.0390. The Morgan fingerprint density at radius 1 is 1.26 bits per heavy atom. The van der Waals surface area contributed by atoms with Crippen LogP contribution in [0.25, 0.3) is 0 Å². The quantitative estimate of drug-likeness (QED) is 0.786. The van der Waals surface area contributed by atoms with Crippen LogP contribution in [0.3, 0.4) is 0 Å². The molecule has 1 aromatic rings. The Hall–Kier alpha value is -1.35. The highest BCUT2D eigenvalue weighted by Gasteiger charge is 2.38. The second-order valence-electron chi connectivity index (χ2n) is 5.49. The van der Waals surface area contributed by atoms with Gasteiger partial charge in [0.2, 0.25) is 5.91 Å². The van der Waals surface area contributed by atoms with Gasteiger partial charge in [0.1, 0.15) is 5.69 Å². The lowest BCUT2D eigenvalue weighted by atomic mass is 10.1. The van der Waals surface area contributed by atoms with Crippen molar-refractivity contribution in [3.63, 3.8) is 0 Å². The van der Waals surface area contributed by atoms with Gasteiger partial charge in [-0.1, -0.05) is 11.8 Å². The minimum atomic E-state index is -4.51. The standard InChI is InChI=1S/C14H16F3N3O2S/c15-14(16,17)11-1-5-18-13(19-11)23-10-2-6-20(12(10)21)9-3-7-22-8-4-9/h1,5,9-10H,2-4,6-8H2/t10-/m0/s1. The maximum Gasteiger partial charge on any atom is 0.433 e. The fourth-order valence-corrected chi connectivity index (χ4v) is 3.81. The number of alkyl halides is 3. The molecule has 3 heterocycles. The molecule has 126 valence electrons. The highest BCUT2D eigenvalue weighted by molar-refractivity contribution is 8.00. The van der Waals surface area contributed by atoms with E-state index in [1.54, 1.807) is 0 Å². The third-order valence-electron chi connectivity index (χ3n) is 3.99. The number of carbonyl (C=O) groups is 1. The summed E-state index contributed by atoms with van der Waals surface area (Å²) < 4.78 is 43.3. The van der Waals surface area contributed by atoms with Crippen molar-refractivity contribution in [1.82, 2.24) is 14.9 Å². The van der Waals surface area contributed by atoms with Crippen molar-refractivity contribution in [1.29, 1.82) is 0 Å². The summed E-state index contributed by atoms with van der Waals surface area (Å²) in [4.78, 5) is 21.7. The lowest BCUT2D eigenvalue weighted by Crippen LogP contribution is -2.41. The molecule has 0 bridgehead atoms. The molecule has 0 aliphatic carbocycles. The second-order valence-corrected chi connectivity index (χ2v) is 6.66. The van der Waals surface area contributed by atoms with Gasteiger partial charge in [0.15, 0.2) is 5.16 Å². The van der Waals surface area contributed by atoms with Crippen LogP contribution in [0.1, 0.15) is 25.0 Å². The lowest BCUT2D eigenvalue weighted by Gasteiger charge is -2.31. The van der Waals surface area contributed by atoms with Crippen LogP contribution in [0.15, 0.2) is 17.4 Å². The molecular formula is C14H16F3N3O2S. The number of amides is 1. The minimum Gasteiger partial charge on any atom is -0.381 e. The van der Waals surface area contributed by atoms with E-state index in [1.807, 2.05) is 4.90 Å². The number of nitrogens with zero attached hydrogens (tertiary/aromatic N) is 3. The Bertz CT molecular complexity index is 579. The first-order valence-electron chi connectivity index (χ1n) is 7.40. The predicted molar refractivity (Wildman–Crippen MR) is 76.9 cm³/mol. The van der Waals surface area contributed by atoms with E-state index in [0.717, 1.165) is 36.9 Å². The van der Waals surface area contributed by atoms with E-state index in [4.69, 9.17) is 4.74 Å². The second kappa shape index (κ2) is 6.64. The SMILES string of the molecule is O=C1[C@@H](Sc2nccc(C(F)(F)F)n2)CCN1C1CCOCC1. The zero-order chi connectivity index (χ0) is 16.4. The number of halogens is 3. The first-order chi connectivity index (χ1) is 10.9. The van der Waals surface area contributed by atoms with Gasteiger partial charge in [-0.25, -0.2) is 9.97 Å². The summed E-state index contributed by atoms with van der Waals surface area (Å²) in [6, 6.07) is 0.999. The van der Waals surface area contributed by atoms with Crippen LogP contribution in [0, 0.1) is 0 Å². The van der Waals surface area contributed by atoms with Crippen molar-refractivity contribution in [2.45, 2.75) is 41.9 Å². The Labute approximate surface area is 135 Å². The Balaban J connectivity index is 1.66. The van der Waals surface area contributed by atoms with Crippen LogP contribution in [-0.2, 0) is 15.7 Å². The first kappa shape index (κ1) is 16.5. The van der Waals surface area contributed by atoms with Crippen molar-refractivity contribution in [3.8, 4) is 0 Å². The van der Waals surface area contributed by atoms with Crippen molar-refractivity contribution in [2.24, 2.45) is 0 Å². The maximum absolute atomic E-state index is 12.7. The molecule has 23 heavy (non-hydrogen) atoms. The maximum atomic E-state index is 12.7. The Kier molecular flexibility index (Phi) is 4.77. The molecule has 0 saturated carbocycles. The van der Waals surface area contributed by atoms with Crippen LogP contribution < -0.4 is 0 Å². The van der Waals surface area contributed by atoms with Gasteiger partial charge < -0.3 is 9.64 Å². The highest BCUT2D eigenvalue weighted by atomic mass is 32.2. The average Bonchev–Trinajstić information content (AvgIpc) is 2.89. The molecule has 1 aromatic heterocycles. The minimum absolute atomic E-state index is 0.00741. The number of thioether (sulfide) groups is 1. The van der Waals surface area contributed by atoms with E-state index in [2.05, 4.69) is 9.97 Å². The molecule has 5 nitrogen and oxygen atoms in total. The van der Waals surface area contributed by atoms with Crippen LogP contribution >= 0.6 is 11.8 Å².